The van der Waals surface area contributed by atoms with Crippen molar-refractivity contribution >= 4 is 0 Å². The summed E-state index contributed by atoms with van der Waals surface area (Å²) in [6.07, 6.45) is -2.36. The normalized spacial score (nSPS) is 10.1. The molecule has 0 aliphatic heterocycles. The Morgan fingerprint density at radius 3 is 2.71 bits per heavy atom. The fourth-order valence-electron chi connectivity index (χ4n) is 1.10. The molecule has 1 rings (SSSR count). The Hall–Kier alpha value is -1.47. The molecule has 1 aromatic carbocycles. The molecular formula is C10H10F2N2. The molecule has 14 heavy (non-hydrogen) atoms. The first kappa shape index (κ1) is 10.6. The number of hydrogen-bond acceptors (Lipinski definition) is 2. The number of halogens is 2. The van der Waals surface area contributed by atoms with Gasteiger partial charge in [-0.05, 0) is 11.6 Å². The van der Waals surface area contributed by atoms with Gasteiger partial charge in [-0.3, -0.25) is 0 Å². The molecule has 1 aromatic rings. The maximum atomic E-state index is 11.8. The third-order valence-electron chi connectivity index (χ3n) is 1.75. The molecule has 0 atom stereocenters. The van der Waals surface area contributed by atoms with Crippen molar-refractivity contribution in [2.45, 2.75) is 13.0 Å². The summed E-state index contributed by atoms with van der Waals surface area (Å²) in [5.74, 6) is 0. The van der Waals surface area contributed by atoms with Gasteiger partial charge in [0.25, 0.3) is 6.43 Å². The summed E-state index contributed by atoms with van der Waals surface area (Å²) >= 11 is 0. The van der Waals surface area contributed by atoms with Crippen LogP contribution >= 0.6 is 0 Å². The number of nitriles is 1. The van der Waals surface area contributed by atoms with Gasteiger partial charge in [-0.25, -0.2) is 8.78 Å². The van der Waals surface area contributed by atoms with Crippen LogP contribution in [0.1, 0.15) is 11.1 Å². The summed E-state index contributed by atoms with van der Waals surface area (Å²) in [6.45, 7) is -0.0478. The van der Waals surface area contributed by atoms with E-state index in [1.54, 1.807) is 24.3 Å². The van der Waals surface area contributed by atoms with E-state index in [-0.39, 0.29) is 6.54 Å². The predicted octanol–water partition coefficient (Wildman–Crippen LogP) is 1.91. The molecule has 0 aliphatic carbocycles. The maximum absolute atomic E-state index is 11.8. The molecule has 2 nitrogen and oxygen atoms in total. The Labute approximate surface area is 81.2 Å². The average molecular weight is 196 g/mol. The molecule has 4 heteroatoms. The van der Waals surface area contributed by atoms with Crippen molar-refractivity contribution in [2.75, 3.05) is 6.54 Å². The van der Waals surface area contributed by atoms with E-state index < -0.39 is 6.43 Å². The van der Waals surface area contributed by atoms with E-state index in [1.165, 1.54) is 0 Å². The number of rotatable bonds is 4. The summed E-state index contributed by atoms with van der Waals surface area (Å²) in [4.78, 5) is 0. The SMILES string of the molecule is N#Cc1ccccc1CNCC(F)F. The zero-order valence-electron chi connectivity index (χ0n) is 7.50. The summed E-state index contributed by atoms with van der Waals surface area (Å²) in [6, 6.07) is 8.94. The first-order valence-corrected chi connectivity index (χ1v) is 4.21. The monoisotopic (exact) mass is 196 g/mol. The van der Waals surface area contributed by atoms with Gasteiger partial charge in [0.05, 0.1) is 18.2 Å². The second kappa shape index (κ2) is 5.30. The highest BCUT2D eigenvalue weighted by Crippen LogP contribution is 2.06. The predicted molar refractivity (Wildman–Crippen MR) is 48.9 cm³/mol. The summed E-state index contributed by atoms with van der Waals surface area (Å²) < 4.78 is 23.6. The van der Waals surface area contributed by atoms with Crippen molar-refractivity contribution in [2.24, 2.45) is 0 Å². The average Bonchev–Trinajstić information content (AvgIpc) is 2.18. The first-order chi connectivity index (χ1) is 6.74. The fraction of sp³-hybridized carbons (Fsp3) is 0.300. The van der Waals surface area contributed by atoms with Crippen molar-refractivity contribution < 1.29 is 8.78 Å². The zero-order valence-corrected chi connectivity index (χ0v) is 7.50. The number of alkyl halides is 2. The van der Waals surface area contributed by atoms with Crippen LogP contribution < -0.4 is 5.32 Å². The van der Waals surface area contributed by atoms with E-state index in [0.29, 0.717) is 12.1 Å². The van der Waals surface area contributed by atoms with Crippen LogP contribution in [-0.4, -0.2) is 13.0 Å². The Kier molecular flexibility index (Phi) is 4.02. The molecule has 0 fully saturated rings. The lowest BCUT2D eigenvalue weighted by Crippen LogP contribution is -2.21. The molecule has 0 aliphatic rings. The minimum atomic E-state index is -2.36. The number of nitrogens with zero attached hydrogens (tertiary/aromatic N) is 1. The molecule has 74 valence electrons. The topological polar surface area (TPSA) is 35.8 Å². The quantitative estimate of drug-likeness (QED) is 0.798. The molecule has 0 heterocycles. The lowest BCUT2D eigenvalue weighted by atomic mass is 10.1. The second-order valence-corrected chi connectivity index (χ2v) is 2.79. The smallest absolute Gasteiger partial charge is 0.250 e. The van der Waals surface area contributed by atoms with E-state index in [0.717, 1.165) is 5.56 Å². The van der Waals surface area contributed by atoms with E-state index in [9.17, 15) is 8.78 Å². The van der Waals surface area contributed by atoms with Gasteiger partial charge >= 0.3 is 0 Å². The summed E-state index contributed by atoms with van der Waals surface area (Å²) in [5, 5.41) is 11.3. The third kappa shape index (κ3) is 3.11. The van der Waals surface area contributed by atoms with Crippen LogP contribution in [0.3, 0.4) is 0 Å². The van der Waals surface area contributed by atoms with E-state index in [4.69, 9.17) is 5.26 Å². The van der Waals surface area contributed by atoms with Crippen LogP contribution in [0.15, 0.2) is 24.3 Å². The Morgan fingerprint density at radius 1 is 1.36 bits per heavy atom. The van der Waals surface area contributed by atoms with Gasteiger partial charge in [0.1, 0.15) is 0 Å². The number of benzene rings is 1. The summed E-state index contributed by atoms with van der Waals surface area (Å²) in [7, 11) is 0. The van der Waals surface area contributed by atoms with E-state index in [2.05, 4.69) is 5.32 Å². The lowest BCUT2D eigenvalue weighted by molar-refractivity contribution is 0.145. The van der Waals surface area contributed by atoms with Crippen molar-refractivity contribution in [3.8, 4) is 6.07 Å². The highest BCUT2D eigenvalue weighted by atomic mass is 19.3. The maximum Gasteiger partial charge on any atom is 0.250 e. The highest BCUT2D eigenvalue weighted by Gasteiger charge is 2.03. The fourth-order valence-corrected chi connectivity index (χ4v) is 1.10. The van der Waals surface area contributed by atoms with Gasteiger partial charge in [-0.2, -0.15) is 5.26 Å². The Morgan fingerprint density at radius 2 is 2.07 bits per heavy atom. The molecule has 0 bridgehead atoms. The molecule has 0 radical (unpaired) electrons. The molecule has 0 unspecified atom stereocenters. The third-order valence-corrected chi connectivity index (χ3v) is 1.75. The van der Waals surface area contributed by atoms with Crippen LogP contribution in [-0.2, 0) is 6.54 Å². The molecular weight excluding hydrogens is 186 g/mol. The second-order valence-electron chi connectivity index (χ2n) is 2.79. The van der Waals surface area contributed by atoms with Crippen molar-refractivity contribution in [1.82, 2.24) is 5.32 Å². The van der Waals surface area contributed by atoms with Gasteiger partial charge in [-0.15, -0.1) is 0 Å². The van der Waals surface area contributed by atoms with E-state index >= 15 is 0 Å². The van der Waals surface area contributed by atoms with Crippen LogP contribution in [0.25, 0.3) is 0 Å². The minimum absolute atomic E-state index is 0.300. The molecule has 0 aromatic heterocycles. The van der Waals surface area contributed by atoms with Gasteiger partial charge in [0.15, 0.2) is 0 Å². The number of hydrogen-bond donors (Lipinski definition) is 1. The Balaban J connectivity index is 2.54. The van der Waals surface area contributed by atoms with E-state index in [1.807, 2.05) is 6.07 Å². The van der Waals surface area contributed by atoms with Crippen LogP contribution in [0.5, 0.6) is 0 Å². The van der Waals surface area contributed by atoms with Crippen molar-refractivity contribution in [3.05, 3.63) is 35.4 Å². The molecule has 0 saturated carbocycles. The molecule has 0 spiro atoms. The molecule has 1 N–H and O–H groups in total. The summed E-state index contributed by atoms with van der Waals surface area (Å²) in [5.41, 5.74) is 1.27. The standard InChI is InChI=1S/C10H10F2N2/c11-10(12)7-14-6-9-4-2-1-3-8(9)5-13/h1-4,10,14H,6-7H2. The van der Waals surface area contributed by atoms with Gasteiger partial charge < -0.3 is 5.32 Å². The van der Waals surface area contributed by atoms with Crippen LogP contribution in [0.4, 0.5) is 8.78 Å². The van der Waals surface area contributed by atoms with Gasteiger partial charge in [0.2, 0.25) is 0 Å². The lowest BCUT2D eigenvalue weighted by Gasteiger charge is -2.05. The Bertz CT molecular complexity index is 331. The first-order valence-electron chi connectivity index (χ1n) is 4.21. The minimum Gasteiger partial charge on any atom is -0.307 e. The van der Waals surface area contributed by atoms with Gasteiger partial charge in [0, 0.05) is 6.54 Å². The highest BCUT2D eigenvalue weighted by molar-refractivity contribution is 5.37. The molecule has 0 amide bonds. The van der Waals surface area contributed by atoms with Crippen LogP contribution in [0.2, 0.25) is 0 Å². The van der Waals surface area contributed by atoms with Gasteiger partial charge in [-0.1, -0.05) is 18.2 Å². The van der Waals surface area contributed by atoms with Crippen LogP contribution in [0, 0.1) is 11.3 Å². The number of nitrogens with one attached hydrogen (secondary N) is 1. The van der Waals surface area contributed by atoms with Crippen molar-refractivity contribution in [3.63, 3.8) is 0 Å². The molecule has 0 saturated heterocycles. The zero-order chi connectivity index (χ0) is 10.4. The van der Waals surface area contributed by atoms with Crippen molar-refractivity contribution in [1.29, 1.82) is 5.26 Å². The largest absolute Gasteiger partial charge is 0.307 e.